The van der Waals surface area contributed by atoms with Crippen LogP contribution in [0.3, 0.4) is 0 Å². The topological polar surface area (TPSA) is 126 Å². The third-order valence-electron chi connectivity index (χ3n) is 5.10. The van der Waals surface area contributed by atoms with Crippen LogP contribution in [0.4, 0.5) is 4.79 Å². The number of nitrogens with one attached hydrogen (secondary N) is 3. The Morgan fingerprint density at radius 1 is 1.13 bits per heavy atom. The maximum absolute atomic E-state index is 12.8. The van der Waals surface area contributed by atoms with Crippen LogP contribution in [0.25, 0.3) is 10.9 Å². The highest BCUT2D eigenvalue weighted by Crippen LogP contribution is 2.26. The van der Waals surface area contributed by atoms with E-state index in [1.165, 1.54) is 0 Å². The Hall–Kier alpha value is -2.74. The largest absolute Gasteiger partial charge is 0.444 e. The molecule has 5 N–H and O–H groups in total. The summed E-state index contributed by atoms with van der Waals surface area (Å²) in [5.74, 6) is -1.09. The molecule has 1 aromatic heterocycles. The molecule has 3 amide bonds. The number of ether oxygens (including phenoxy) is 1. The van der Waals surface area contributed by atoms with Crippen molar-refractivity contribution in [3.8, 4) is 0 Å². The van der Waals surface area contributed by atoms with E-state index in [4.69, 9.17) is 22.1 Å². The highest BCUT2D eigenvalue weighted by atomic mass is 35.5. The molecule has 3 atom stereocenters. The Kier molecular flexibility index (Phi) is 6.26. The average molecular weight is 435 g/mol. The summed E-state index contributed by atoms with van der Waals surface area (Å²) in [6.07, 6.45) is 0.778. The van der Waals surface area contributed by atoms with E-state index >= 15 is 0 Å². The minimum Gasteiger partial charge on any atom is -0.444 e. The summed E-state index contributed by atoms with van der Waals surface area (Å²) in [5.41, 5.74) is 5.99. The Morgan fingerprint density at radius 3 is 2.53 bits per heavy atom. The minimum absolute atomic E-state index is 0.305. The normalized spacial score (nSPS) is 21.8. The number of halogens is 1. The van der Waals surface area contributed by atoms with Gasteiger partial charge in [0.05, 0.1) is 6.04 Å². The Morgan fingerprint density at radius 2 is 1.87 bits per heavy atom. The van der Waals surface area contributed by atoms with Crippen molar-refractivity contribution in [1.29, 1.82) is 0 Å². The van der Waals surface area contributed by atoms with Crippen molar-refractivity contribution in [3.05, 3.63) is 35.0 Å². The molecule has 1 saturated carbocycles. The molecule has 1 aromatic carbocycles. The molecule has 0 bridgehead atoms. The Bertz CT molecular complexity index is 966. The van der Waals surface area contributed by atoms with E-state index in [0.717, 1.165) is 10.9 Å². The van der Waals surface area contributed by atoms with Crippen LogP contribution in [0, 0.1) is 5.92 Å². The summed E-state index contributed by atoms with van der Waals surface area (Å²) in [7, 11) is 0. The van der Waals surface area contributed by atoms with Crippen molar-refractivity contribution < 1.29 is 19.1 Å². The van der Waals surface area contributed by atoms with Crippen LogP contribution in [0.2, 0.25) is 5.02 Å². The predicted octanol–water partition coefficient (Wildman–Crippen LogP) is 3.10. The number of carbonyl (C=O) groups excluding carboxylic acids is 3. The minimum atomic E-state index is -0.661. The van der Waals surface area contributed by atoms with Crippen LogP contribution in [0.1, 0.15) is 50.5 Å². The number of aromatic amines is 1. The van der Waals surface area contributed by atoms with E-state index in [0.29, 0.717) is 30.0 Å². The number of hydrogen-bond acceptors (Lipinski definition) is 4. The highest BCUT2D eigenvalue weighted by molar-refractivity contribution is 6.31. The summed E-state index contributed by atoms with van der Waals surface area (Å²) >= 11 is 6.01. The smallest absolute Gasteiger partial charge is 0.407 e. The van der Waals surface area contributed by atoms with E-state index in [2.05, 4.69) is 15.6 Å². The van der Waals surface area contributed by atoms with Gasteiger partial charge in [-0.15, -0.1) is 0 Å². The molecule has 8 nitrogen and oxygen atoms in total. The van der Waals surface area contributed by atoms with Crippen LogP contribution >= 0.6 is 11.6 Å². The predicted molar refractivity (Wildman–Crippen MR) is 114 cm³/mol. The highest BCUT2D eigenvalue weighted by Gasteiger charge is 2.36. The van der Waals surface area contributed by atoms with Gasteiger partial charge >= 0.3 is 6.09 Å². The van der Waals surface area contributed by atoms with Crippen LogP contribution < -0.4 is 16.4 Å². The SMILES string of the molecule is CC(C)(C)OC(=O)NC1C[C@@H](C(N)=O)CCC1NC(=O)c1cc2cc(Cl)ccc2[nH]1. The summed E-state index contributed by atoms with van der Waals surface area (Å²) < 4.78 is 5.33. The van der Waals surface area contributed by atoms with Gasteiger partial charge in [-0.2, -0.15) is 0 Å². The zero-order chi connectivity index (χ0) is 22.1. The van der Waals surface area contributed by atoms with Crippen LogP contribution in [-0.2, 0) is 9.53 Å². The number of nitrogens with two attached hydrogens (primary N) is 1. The van der Waals surface area contributed by atoms with E-state index in [1.807, 2.05) is 0 Å². The lowest BCUT2D eigenvalue weighted by Gasteiger charge is -2.36. The maximum Gasteiger partial charge on any atom is 0.407 e. The molecule has 1 heterocycles. The molecule has 2 aromatic rings. The molecule has 162 valence electrons. The number of fused-ring (bicyclic) bond motifs is 1. The standard InChI is InChI=1S/C21H27ClN4O4/c1-21(2,3)30-20(29)26-16-9-11(18(23)27)4-6-15(16)25-19(28)17-10-12-8-13(22)5-7-14(12)24-17/h5,7-8,10-11,15-16,24H,4,6,9H2,1-3H3,(H2,23,27)(H,25,28)(H,26,29)/t11-,15?,16?/m0/s1. The summed E-state index contributed by atoms with van der Waals surface area (Å²) in [4.78, 5) is 39.8. The number of rotatable bonds is 4. The first-order chi connectivity index (χ1) is 14.0. The summed E-state index contributed by atoms with van der Waals surface area (Å²) in [6, 6.07) is 6.20. The van der Waals surface area contributed by atoms with Gasteiger partial charge in [-0.25, -0.2) is 4.79 Å². The third kappa shape index (κ3) is 5.44. The number of H-pyrrole nitrogens is 1. The number of amides is 3. The van der Waals surface area contributed by atoms with E-state index in [9.17, 15) is 14.4 Å². The van der Waals surface area contributed by atoms with E-state index in [-0.39, 0.29) is 17.9 Å². The van der Waals surface area contributed by atoms with Gasteiger partial charge in [0.1, 0.15) is 11.3 Å². The fourth-order valence-electron chi connectivity index (χ4n) is 3.69. The lowest BCUT2D eigenvalue weighted by atomic mass is 9.82. The Balaban J connectivity index is 1.73. The fraction of sp³-hybridized carbons (Fsp3) is 0.476. The molecule has 0 spiro atoms. The molecular formula is C21H27ClN4O4. The van der Waals surface area contributed by atoms with Crippen LogP contribution in [0.5, 0.6) is 0 Å². The van der Waals surface area contributed by atoms with E-state index in [1.54, 1.807) is 45.0 Å². The molecule has 9 heteroatoms. The van der Waals surface area contributed by atoms with Gasteiger partial charge in [-0.05, 0) is 64.3 Å². The van der Waals surface area contributed by atoms with Gasteiger partial charge in [0.2, 0.25) is 5.91 Å². The number of hydrogen-bond donors (Lipinski definition) is 4. The lowest BCUT2D eigenvalue weighted by molar-refractivity contribution is -0.123. The monoisotopic (exact) mass is 434 g/mol. The fourth-order valence-corrected chi connectivity index (χ4v) is 3.87. The summed E-state index contributed by atoms with van der Waals surface area (Å²) in [6.45, 7) is 5.29. The molecule has 2 unspecified atom stereocenters. The number of primary amides is 1. The van der Waals surface area contributed by atoms with E-state index < -0.39 is 23.6 Å². The lowest BCUT2D eigenvalue weighted by Crippen LogP contribution is -2.56. The van der Waals surface area contributed by atoms with Gasteiger partial charge in [-0.1, -0.05) is 11.6 Å². The van der Waals surface area contributed by atoms with Crippen molar-refractivity contribution >= 4 is 40.4 Å². The second-order valence-electron chi connectivity index (χ2n) is 8.66. The first-order valence-corrected chi connectivity index (χ1v) is 10.3. The number of carbonyl (C=O) groups is 3. The Labute approximate surface area is 179 Å². The molecule has 30 heavy (non-hydrogen) atoms. The van der Waals surface area contributed by atoms with Gasteiger partial charge in [0.15, 0.2) is 0 Å². The molecular weight excluding hydrogens is 408 g/mol. The molecule has 1 fully saturated rings. The maximum atomic E-state index is 12.8. The molecule has 3 rings (SSSR count). The molecule has 0 radical (unpaired) electrons. The third-order valence-corrected chi connectivity index (χ3v) is 5.33. The quantitative estimate of drug-likeness (QED) is 0.589. The van der Waals surface area contributed by atoms with Crippen molar-refractivity contribution in [1.82, 2.24) is 15.6 Å². The van der Waals surface area contributed by atoms with Crippen molar-refractivity contribution in [2.24, 2.45) is 11.7 Å². The van der Waals surface area contributed by atoms with Gasteiger partial charge in [0.25, 0.3) is 5.91 Å². The van der Waals surface area contributed by atoms with Gasteiger partial charge in [0, 0.05) is 27.9 Å². The van der Waals surface area contributed by atoms with Crippen molar-refractivity contribution in [2.45, 2.75) is 57.7 Å². The zero-order valence-electron chi connectivity index (χ0n) is 17.3. The van der Waals surface area contributed by atoms with Crippen molar-refractivity contribution in [3.63, 3.8) is 0 Å². The first kappa shape index (κ1) is 22.0. The second kappa shape index (κ2) is 8.55. The molecule has 0 saturated heterocycles. The van der Waals surface area contributed by atoms with Gasteiger partial charge < -0.3 is 26.1 Å². The first-order valence-electron chi connectivity index (χ1n) is 9.90. The van der Waals surface area contributed by atoms with Gasteiger partial charge in [-0.3, -0.25) is 9.59 Å². The number of aromatic nitrogens is 1. The number of benzene rings is 1. The molecule has 1 aliphatic carbocycles. The van der Waals surface area contributed by atoms with Crippen LogP contribution in [-0.4, -0.2) is 40.6 Å². The second-order valence-corrected chi connectivity index (χ2v) is 9.10. The van der Waals surface area contributed by atoms with Crippen LogP contribution in [0.15, 0.2) is 24.3 Å². The zero-order valence-corrected chi connectivity index (χ0v) is 18.0. The average Bonchev–Trinajstić information content (AvgIpc) is 3.04. The number of alkyl carbamates (subject to hydrolysis) is 1. The van der Waals surface area contributed by atoms with Crippen molar-refractivity contribution in [2.75, 3.05) is 0 Å². The molecule has 0 aliphatic heterocycles. The molecule has 1 aliphatic rings. The summed E-state index contributed by atoms with van der Waals surface area (Å²) in [5, 5.41) is 7.16.